The fourth-order valence-electron chi connectivity index (χ4n) is 0.981. The monoisotopic (exact) mass is 255 g/mol. The third-order valence-electron chi connectivity index (χ3n) is 1.91. The van der Waals surface area contributed by atoms with Crippen LogP contribution in [0, 0.1) is 0 Å². The molecule has 0 radical (unpaired) electrons. The largest absolute Gasteiger partial charge is 0.467 e. The maximum absolute atomic E-state index is 12.0. The Morgan fingerprint density at radius 1 is 1.00 bits per heavy atom. The first kappa shape index (κ1) is 15.0. The molecule has 9 heteroatoms. The molecule has 0 amide bonds. The average molecular weight is 255 g/mol. The average Bonchev–Trinajstić information content (AvgIpc) is 2.34. The molecule has 0 aromatic heterocycles. The van der Waals surface area contributed by atoms with Crippen LogP contribution in [0.2, 0.25) is 0 Å². The molecule has 0 aliphatic rings. The lowest BCUT2D eigenvalue weighted by molar-refractivity contribution is -0.157. The van der Waals surface area contributed by atoms with Crippen molar-refractivity contribution in [2.45, 2.75) is 5.28 Å². The van der Waals surface area contributed by atoms with Crippen molar-refractivity contribution in [3.63, 3.8) is 0 Å². The van der Waals surface area contributed by atoms with Crippen molar-refractivity contribution in [3.8, 4) is 0 Å². The van der Waals surface area contributed by atoms with E-state index in [2.05, 4.69) is 18.5 Å². The zero-order chi connectivity index (χ0) is 13.0. The zero-order valence-electron chi connectivity index (χ0n) is 9.38. The van der Waals surface area contributed by atoms with Gasteiger partial charge in [0, 0.05) is 14.2 Å². The van der Waals surface area contributed by atoms with Crippen molar-refractivity contribution in [2.75, 3.05) is 28.4 Å². The highest BCUT2D eigenvalue weighted by molar-refractivity contribution is 7.58. The van der Waals surface area contributed by atoms with E-state index >= 15 is 0 Å². The molecule has 0 bridgehead atoms. The fourth-order valence-corrected chi connectivity index (χ4v) is 2.34. The molecule has 0 atom stereocenters. The molecule has 0 aromatic carbocycles. The van der Waals surface area contributed by atoms with Gasteiger partial charge in [-0.25, -0.2) is 9.59 Å². The zero-order valence-corrected chi connectivity index (χ0v) is 10.3. The van der Waals surface area contributed by atoms with Crippen LogP contribution in [0.25, 0.3) is 0 Å². The molecule has 0 aliphatic heterocycles. The van der Waals surface area contributed by atoms with Crippen LogP contribution < -0.4 is 5.73 Å². The lowest BCUT2D eigenvalue weighted by Gasteiger charge is -2.28. The first-order chi connectivity index (χ1) is 7.33. The Morgan fingerprint density at radius 2 is 1.31 bits per heavy atom. The van der Waals surface area contributed by atoms with Crippen LogP contribution in [0.1, 0.15) is 0 Å². The maximum atomic E-state index is 12.0. The summed E-state index contributed by atoms with van der Waals surface area (Å²) in [5.74, 6) is -2.54. The fraction of sp³-hybridized carbons (Fsp3) is 0.714. The minimum Gasteiger partial charge on any atom is -0.467 e. The summed E-state index contributed by atoms with van der Waals surface area (Å²) in [6, 6.07) is 0. The van der Waals surface area contributed by atoms with Crippen LogP contribution in [-0.4, -0.2) is 45.7 Å². The van der Waals surface area contributed by atoms with Gasteiger partial charge in [0.1, 0.15) is 0 Å². The predicted molar refractivity (Wildman–Crippen MR) is 52.6 cm³/mol. The molecular formula is C7H14NO7P. The normalized spacial score (nSPS) is 12.1. The molecule has 0 unspecified atom stereocenters. The van der Waals surface area contributed by atoms with Crippen molar-refractivity contribution < 1.29 is 32.7 Å². The van der Waals surface area contributed by atoms with Crippen molar-refractivity contribution in [2.24, 2.45) is 5.73 Å². The molecule has 0 aliphatic carbocycles. The molecule has 0 saturated heterocycles. The van der Waals surface area contributed by atoms with Gasteiger partial charge in [0.05, 0.1) is 14.2 Å². The molecule has 94 valence electrons. The van der Waals surface area contributed by atoms with Crippen molar-refractivity contribution in [3.05, 3.63) is 0 Å². The van der Waals surface area contributed by atoms with E-state index in [9.17, 15) is 14.2 Å². The number of rotatable bonds is 5. The first-order valence-corrected chi connectivity index (χ1v) is 5.55. The summed E-state index contributed by atoms with van der Waals surface area (Å²) in [5, 5.41) is -2.64. The van der Waals surface area contributed by atoms with Crippen LogP contribution in [0.3, 0.4) is 0 Å². The third-order valence-corrected chi connectivity index (χ3v) is 4.10. The molecule has 0 saturated carbocycles. The Balaban J connectivity index is 5.66. The van der Waals surface area contributed by atoms with Gasteiger partial charge in [-0.3, -0.25) is 10.3 Å². The summed E-state index contributed by atoms with van der Waals surface area (Å²) in [6.07, 6.45) is 0. The summed E-state index contributed by atoms with van der Waals surface area (Å²) < 4.78 is 29.6. The van der Waals surface area contributed by atoms with Gasteiger partial charge in [0.2, 0.25) is 0 Å². The molecule has 0 fully saturated rings. The van der Waals surface area contributed by atoms with Gasteiger partial charge >= 0.3 is 24.8 Å². The number of nitrogens with two attached hydrogens (primary N) is 1. The summed E-state index contributed by atoms with van der Waals surface area (Å²) in [7, 11) is -0.303. The van der Waals surface area contributed by atoms with E-state index in [1.807, 2.05) is 0 Å². The Kier molecular flexibility index (Phi) is 5.08. The molecular weight excluding hydrogens is 241 g/mol. The van der Waals surface area contributed by atoms with Crippen LogP contribution in [0.5, 0.6) is 0 Å². The van der Waals surface area contributed by atoms with Gasteiger partial charge < -0.3 is 18.5 Å². The Hall–Kier alpha value is -0.950. The Labute approximate surface area is 92.5 Å². The van der Waals surface area contributed by atoms with Crippen molar-refractivity contribution in [1.82, 2.24) is 0 Å². The first-order valence-electron chi connectivity index (χ1n) is 4.01. The second-order valence-corrected chi connectivity index (χ2v) is 5.04. The SMILES string of the molecule is COC(=O)C(N)(C(=O)OC)P(=O)(OC)OC. The van der Waals surface area contributed by atoms with E-state index in [1.54, 1.807) is 0 Å². The molecule has 0 aromatic rings. The van der Waals surface area contributed by atoms with Crippen LogP contribution in [0.15, 0.2) is 0 Å². The third kappa shape index (κ3) is 2.10. The molecule has 0 spiro atoms. The molecule has 8 nitrogen and oxygen atoms in total. The Morgan fingerprint density at radius 3 is 1.50 bits per heavy atom. The minimum absolute atomic E-state index is 0.975. The maximum Gasteiger partial charge on any atom is 0.373 e. The van der Waals surface area contributed by atoms with E-state index in [0.29, 0.717) is 0 Å². The van der Waals surface area contributed by atoms with Crippen LogP contribution in [-0.2, 0) is 32.7 Å². The van der Waals surface area contributed by atoms with Crippen LogP contribution >= 0.6 is 7.60 Å². The summed E-state index contributed by atoms with van der Waals surface area (Å²) in [4.78, 5) is 22.8. The Bertz CT molecular complexity index is 305. The lowest BCUT2D eigenvalue weighted by atomic mass is 10.3. The highest BCUT2D eigenvalue weighted by Gasteiger charge is 2.62. The molecule has 0 rings (SSSR count). The number of carbonyl (C=O) groups excluding carboxylic acids is 2. The van der Waals surface area contributed by atoms with Gasteiger partial charge in [-0.15, -0.1) is 0 Å². The predicted octanol–water partition coefficient (Wildman–Crippen LogP) is -0.527. The highest BCUT2D eigenvalue weighted by Crippen LogP contribution is 2.57. The van der Waals surface area contributed by atoms with Gasteiger partial charge in [0.25, 0.3) is 0 Å². The van der Waals surface area contributed by atoms with Gasteiger partial charge in [-0.2, -0.15) is 0 Å². The number of hydrogen-bond donors (Lipinski definition) is 1. The second-order valence-electron chi connectivity index (χ2n) is 2.61. The van der Waals surface area contributed by atoms with Gasteiger partial charge in [-0.05, 0) is 0 Å². The van der Waals surface area contributed by atoms with E-state index in [-0.39, 0.29) is 0 Å². The number of esters is 2. The summed E-state index contributed by atoms with van der Waals surface area (Å²) in [5.41, 5.74) is 5.44. The van der Waals surface area contributed by atoms with Crippen molar-refractivity contribution in [1.29, 1.82) is 0 Å². The topological polar surface area (TPSA) is 114 Å². The number of methoxy groups -OCH3 is 2. The molecule has 16 heavy (non-hydrogen) atoms. The number of ether oxygens (including phenoxy) is 2. The molecule has 0 heterocycles. The summed E-state index contributed by atoms with van der Waals surface area (Å²) >= 11 is 0. The van der Waals surface area contributed by atoms with Crippen molar-refractivity contribution >= 4 is 19.5 Å². The minimum atomic E-state index is -4.22. The standard InChI is InChI=1S/C7H14NO7P/c1-12-5(9)7(8,6(10)13-2)16(11,14-3)15-4/h8H2,1-4H3. The quantitative estimate of drug-likeness (QED) is 0.396. The van der Waals surface area contributed by atoms with E-state index in [1.165, 1.54) is 0 Å². The van der Waals surface area contributed by atoms with Crippen LogP contribution in [0.4, 0.5) is 0 Å². The highest BCUT2D eigenvalue weighted by atomic mass is 31.2. The van der Waals surface area contributed by atoms with E-state index < -0.39 is 24.8 Å². The number of hydrogen-bond acceptors (Lipinski definition) is 8. The summed E-state index contributed by atoms with van der Waals surface area (Å²) in [6.45, 7) is 0. The molecule has 2 N–H and O–H groups in total. The number of carbonyl (C=O) groups is 2. The van der Waals surface area contributed by atoms with Gasteiger partial charge in [0.15, 0.2) is 0 Å². The smallest absolute Gasteiger partial charge is 0.373 e. The van der Waals surface area contributed by atoms with E-state index in [0.717, 1.165) is 28.4 Å². The second kappa shape index (κ2) is 5.40. The van der Waals surface area contributed by atoms with Gasteiger partial charge in [-0.1, -0.05) is 0 Å². The van der Waals surface area contributed by atoms with E-state index in [4.69, 9.17) is 5.73 Å². The lowest BCUT2D eigenvalue weighted by Crippen LogP contribution is -2.56.